The highest BCUT2D eigenvalue weighted by atomic mass is 16.2. The third-order valence-electron chi connectivity index (χ3n) is 2.96. The van der Waals surface area contributed by atoms with Crippen molar-refractivity contribution in [1.82, 2.24) is 9.80 Å². The maximum Gasteiger partial charge on any atom is 0.238 e. The molecule has 4 nitrogen and oxygen atoms in total. The molecule has 0 unspecified atom stereocenters. The van der Waals surface area contributed by atoms with Crippen LogP contribution in [-0.4, -0.2) is 56.5 Å². The summed E-state index contributed by atoms with van der Waals surface area (Å²) in [7, 11) is 6.03. The van der Waals surface area contributed by atoms with Crippen molar-refractivity contribution in [2.75, 3.05) is 46.1 Å². The quantitative estimate of drug-likeness (QED) is 0.813. The van der Waals surface area contributed by atoms with E-state index in [0.717, 1.165) is 25.2 Å². The van der Waals surface area contributed by atoms with Crippen molar-refractivity contribution in [3.63, 3.8) is 0 Å². The predicted molar refractivity (Wildman–Crippen MR) is 80.5 cm³/mol. The molecule has 1 amide bonds. The maximum absolute atomic E-state index is 11.9. The highest BCUT2D eigenvalue weighted by Gasteiger charge is 2.07. The summed E-state index contributed by atoms with van der Waals surface area (Å²) in [5.74, 6) is 0.0366. The minimum atomic E-state index is 0.0366. The van der Waals surface area contributed by atoms with Gasteiger partial charge in [0.25, 0.3) is 0 Å². The highest BCUT2D eigenvalue weighted by Crippen LogP contribution is 2.10. The SMILES string of the molecule is CCc1cccc(NC(=O)CN(C)CCN(C)C)c1. The molecule has 1 rings (SSSR count). The first kappa shape index (κ1) is 15.7. The largest absolute Gasteiger partial charge is 0.325 e. The topological polar surface area (TPSA) is 35.6 Å². The van der Waals surface area contributed by atoms with E-state index in [1.54, 1.807) is 0 Å². The van der Waals surface area contributed by atoms with Gasteiger partial charge in [0.1, 0.15) is 0 Å². The van der Waals surface area contributed by atoms with Crippen LogP contribution >= 0.6 is 0 Å². The number of aryl methyl sites for hydroxylation is 1. The van der Waals surface area contributed by atoms with Crippen molar-refractivity contribution in [2.24, 2.45) is 0 Å². The Kier molecular flexibility index (Phi) is 6.53. The zero-order valence-corrected chi connectivity index (χ0v) is 12.4. The van der Waals surface area contributed by atoms with Crippen LogP contribution in [-0.2, 0) is 11.2 Å². The molecule has 0 radical (unpaired) electrons. The number of amides is 1. The summed E-state index contributed by atoms with van der Waals surface area (Å²) in [6, 6.07) is 8.00. The molecule has 19 heavy (non-hydrogen) atoms. The van der Waals surface area contributed by atoms with Crippen molar-refractivity contribution in [2.45, 2.75) is 13.3 Å². The van der Waals surface area contributed by atoms with Gasteiger partial charge in [-0.15, -0.1) is 0 Å². The molecule has 0 atom stereocenters. The molecule has 0 spiro atoms. The Balaban J connectivity index is 2.41. The van der Waals surface area contributed by atoms with E-state index >= 15 is 0 Å². The number of anilines is 1. The first-order chi connectivity index (χ1) is 9.01. The van der Waals surface area contributed by atoms with E-state index in [4.69, 9.17) is 0 Å². The Labute approximate surface area is 116 Å². The van der Waals surface area contributed by atoms with Crippen molar-refractivity contribution in [3.05, 3.63) is 29.8 Å². The second kappa shape index (κ2) is 7.92. The number of carbonyl (C=O) groups excluding carboxylic acids is 1. The van der Waals surface area contributed by atoms with Gasteiger partial charge in [0.2, 0.25) is 5.91 Å². The van der Waals surface area contributed by atoms with Gasteiger partial charge in [-0.2, -0.15) is 0 Å². The monoisotopic (exact) mass is 263 g/mol. The lowest BCUT2D eigenvalue weighted by molar-refractivity contribution is -0.117. The molecule has 4 heteroatoms. The summed E-state index contributed by atoms with van der Waals surface area (Å²) in [6.07, 6.45) is 0.979. The number of nitrogens with zero attached hydrogens (tertiary/aromatic N) is 2. The Bertz CT molecular complexity index is 404. The van der Waals surface area contributed by atoms with Gasteiger partial charge in [-0.3, -0.25) is 9.69 Å². The number of likely N-dealkylation sites (N-methyl/N-ethyl adjacent to an activating group) is 2. The molecule has 0 aliphatic heterocycles. The summed E-state index contributed by atoms with van der Waals surface area (Å²) in [6.45, 7) is 4.37. The zero-order chi connectivity index (χ0) is 14.3. The van der Waals surface area contributed by atoms with Gasteiger partial charge in [0, 0.05) is 18.8 Å². The lowest BCUT2D eigenvalue weighted by Gasteiger charge is -2.18. The fraction of sp³-hybridized carbons (Fsp3) is 0.533. The molecule has 0 saturated carbocycles. The summed E-state index contributed by atoms with van der Waals surface area (Å²) in [4.78, 5) is 16.0. The number of hydrogen-bond donors (Lipinski definition) is 1. The molecule has 1 aromatic rings. The fourth-order valence-electron chi connectivity index (χ4n) is 1.76. The summed E-state index contributed by atoms with van der Waals surface area (Å²) in [5, 5.41) is 2.94. The van der Waals surface area contributed by atoms with E-state index in [-0.39, 0.29) is 5.91 Å². The molecule has 0 aliphatic carbocycles. The van der Waals surface area contributed by atoms with Crippen molar-refractivity contribution in [3.8, 4) is 0 Å². The van der Waals surface area contributed by atoms with Gasteiger partial charge >= 0.3 is 0 Å². The van der Waals surface area contributed by atoms with E-state index in [1.165, 1.54) is 5.56 Å². The second-order valence-electron chi connectivity index (χ2n) is 5.14. The summed E-state index contributed by atoms with van der Waals surface area (Å²) < 4.78 is 0. The molecule has 0 aliphatic rings. The van der Waals surface area contributed by atoms with Crippen LogP contribution in [0.2, 0.25) is 0 Å². The number of benzene rings is 1. The van der Waals surface area contributed by atoms with E-state index in [9.17, 15) is 4.79 Å². The third kappa shape index (κ3) is 6.36. The van der Waals surface area contributed by atoms with E-state index in [1.807, 2.05) is 44.2 Å². The predicted octanol–water partition coefficient (Wildman–Crippen LogP) is 1.68. The Hall–Kier alpha value is -1.39. The van der Waals surface area contributed by atoms with Crippen LogP contribution in [0.5, 0.6) is 0 Å². The van der Waals surface area contributed by atoms with Gasteiger partial charge < -0.3 is 10.2 Å². The molecule has 0 saturated heterocycles. The number of rotatable bonds is 7. The molecule has 0 heterocycles. The first-order valence-corrected chi connectivity index (χ1v) is 6.73. The average molecular weight is 263 g/mol. The standard InChI is InChI=1S/C15H25N3O/c1-5-13-7-6-8-14(11-13)16-15(19)12-18(4)10-9-17(2)3/h6-8,11H,5,9-10,12H2,1-4H3,(H,16,19). The van der Waals surface area contributed by atoms with Crippen LogP contribution in [0.1, 0.15) is 12.5 Å². The van der Waals surface area contributed by atoms with Gasteiger partial charge in [0.05, 0.1) is 6.54 Å². The van der Waals surface area contributed by atoms with E-state index in [2.05, 4.69) is 23.2 Å². The third-order valence-corrected chi connectivity index (χ3v) is 2.96. The van der Waals surface area contributed by atoms with E-state index < -0.39 is 0 Å². The lowest BCUT2D eigenvalue weighted by atomic mass is 10.1. The molecular weight excluding hydrogens is 238 g/mol. The van der Waals surface area contributed by atoms with Crippen LogP contribution in [0.3, 0.4) is 0 Å². The van der Waals surface area contributed by atoms with Crippen LogP contribution < -0.4 is 5.32 Å². The lowest BCUT2D eigenvalue weighted by Crippen LogP contribution is -2.34. The van der Waals surface area contributed by atoms with Gasteiger partial charge in [-0.1, -0.05) is 19.1 Å². The molecule has 0 aromatic heterocycles. The Morgan fingerprint density at radius 1 is 1.21 bits per heavy atom. The second-order valence-corrected chi connectivity index (χ2v) is 5.14. The van der Waals surface area contributed by atoms with Gasteiger partial charge in [0.15, 0.2) is 0 Å². The Morgan fingerprint density at radius 2 is 1.95 bits per heavy atom. The Morgan fingerprint density at radius 3 is 2.58 bits per heavy atom. The molecule has 1 N–H and O–H groups in total. The van der Waals surface area contributed by atoms with Crippen LogP contribution in [0.4, 0.5) is 5.69 Å². The van der Waals surface area contributed by atoms with Crippen molar-refractivity contribution < 1.29 is 4.79 Å². The average Bonchev–Trinajstić information content (AvgIpc) is 2.36. The molecule has 0 fully saturated rings. The molecule has 0 bridgehead atoms. The summed E-state index contributed by atoms with van der Waals surface area (Å²) >= 11 is 0. The van der Waals surface area contributed by atoms with Crippen LogP contribution in [0, 0.1) is 0 Å². The number of carbonyl (C=O) groups is 1. The number of nitrogens with one attached hydrogen (secondary N) is 1. The molecule has 1 aromatic carbocycles. The smallest absolute Gasteiger partial charge is 0.238 e. The number of hydrogen-bond acceptors (Lipinski definition) is 3. The van der Waals surface area contributed by atoms with Gasteiger partial charge in [-0.05, 0) is 45.3 Å². The minimum Gasteiger partial charge on any atom is -0.325 e. The van der Waals surface area contributed by atoms with Crippen molar-refractivity contribution >= 4 is 11.6 Å². The van der Waals surface area contributed by atoms with Crippen LogP contribution in [0.15, 0.2) is 24.3 Å². The van der Waals surface area contributed by atoms with Crippen LogP contribution in [0.25, 0.3) is 0 Å². The van der Waals surface area contributed by atoms with E-state index in [0.29, 0.717) is 6.54 Å². The maximum atomic E-state index is 11.9. The zero-order valence-electron chi connectivity index (χ0n) is 12.4. The minimum absolute atomic E-state index is 0.0366. The summed E-state index contributed by atoms with van der Waals surface area (Å²) in [5.41, 5.74) is 2.11. The fourth-order valence-corrected chi connectivity index (χ4v) is 1.76. The highest BCUT2D eigenvalue weighted by molar-refractivity contribution is 5.92. The van der Waals surface area contributed by atoms with Gasteiger partial charge in [-0.25, -0.2) is 0 Å². The van der Waals surface area contributed by atoms with Crippen molar-refractivity contribution in [1.29, 1.82) is 0 Å². The molecule has 106 valence electrons. The normalized spacial score (nSPS) is 11.1. The molecular formula is C15H25N3O. The first-order valence-electron chi connectivity index (χ1n) is 6.73.